The van der Waals surface area contributed by atoms with Crippen LogP contribution in [-0.2, 0) is 4.79 Å². The zero-order chi connectivity index (χ0) is 19.9. The SMILES string of the molecule is COc1ccc(OCC(=O)Nc2ccccc2C(=O)N2CCC(C)CC2)cc1. The number of nitrogens with one attached hydrogen (secondary N) is 1. The first-order chi connectivity index (χ1) is 13.6. The van der Waals surface area contributed by atoms with Crippen LogP contribution in [0.3, 0.4) is 0 Å². The molecule has 0 atom stereocenters. The molecule has 1 fully saturated rings. The van der Waals surface area contributed by atoms with E-state index < -0.39 is 0 Å². The number of hydrogen-bond acceptors (Lipinski definition) is 4. The standard InChI is InChI=1S/C22H26N2O4/c1-16-11-13-24(14-12-16)22(26)19-5-3-4-6-20(19)23-21(25)15-28-18-9-7-17(27-2)8-10-18/h3-10,16H,11-15H2,1-2H3,(H,23,25). The average Bonchev–Trinajstić information content (AvgIpc) is 2.73. The Kier molecular flexibility index (Phi) is 6.53. The maximum Gasteiger partial charge on any atom is 0.262 e. The summed E-state index contributed by atoms with van der Waals surface area (Å²) < 4.78 is 10.6. The summed E-state index contributed by atoms with van der Waals surface area (Å²) in [6.07, 6.45) is 2.02. The van der Waals surface area contributed by atoms with Gasteiger partial charge in [0, 0.05) is 13.1 Å². The van der Waals surface area contributed by atoms with Gasteiger partial charge in [0.05, 0.1) is 18.4 Å². The summed E-state index contributed by atoms with van der Waals surface area (Å²) in [5, 5.41) is 2.80. The first-order valence-corrected chi connectivity index (χ1v) is 9.52. The van der Waals surface area contributed by atoms with E-state index in [4.69, 9.17) is 9.47 Å². The minimum atomic E-state index is -0.316. The van der Waals surface area contributed by atoms with Gasteiger partial charge >= 0.3 is 0 Å². The van der Waals surface area contributed by atoms with E-state index in [0.29, 0.717) is 22.9 Å². The third-order valence-corrected chi connectivity index (χ3v) is 4.93. The number of carbonyl (C=O) groups excluding carboxylic acids is 2. The van der Waals surface area contributed by atoms with Gasteiger partial charge in [-0.25, -0.2) is 0 Å². The molecule has 148 valence electrons. The summed E-state index contributed by atoms with van der Waals surface area (Å²) >= 11 is 0. The molecular formula is C22H26N2O4. The van der Waals surface area contributed by atoms with Crippen molar-refractivity contribution in [2.75, 3.05) is 32.1 Å². The van der Waals surface area contributed by atoms with Crippen LogP contribution in [0.4, 0.5) is 5.69 Å². The van der Waals surface area contributed by atoms with Gasteiger partial charge < -0.3 is 19.7 Å². The second-order valence-corrected chi connectivity index (χ2v) is 7.03. The molecule has 0 aromatic heterocycles. The van der Waals surface area contributed by atoms with Crippen molar-refractivity contribution >= 4 is 17.5 Å². The van der Waals surface area contributed by atoms with Crippen molar-refractivity contribution < 1.29 is 19.1 Å². The average molecular weight is 382 g/mol. The maximum atomic E-state index is 12.9. The van der Waals surface area contributed by atoms with Crippen LogP contribution in [0, 0.1) is 5.92 Å². The molecule has 0 bridgehead atoms. The lowest BCUT2D eigenvalue weighted by atomic mass is 9.98. The number of amides is 2. The van der Waals surface area contributed by atoms with Gasteiger partial charge in [-0.05, 0) is 55.2 Å². The number of nitrogens with zero attached hydrogens (tertiary/aromatic N) is 1. The zero-order valence-electron chi connectivity index (χ0n) is 16.3. The molecule has 0 saturated carbocycles. The van der Waals surface area contributed by atoms with E-state index in [2.05, 4.69) is 12.2 Å². The van der Waals surface area contributed by atoms with Gasteiger partial charge in [-0.3, -0.25) is 9.59 Å². The third-order valence-electron chi connectivity index (χ3n) is 4.93. The summed E-state index contributed by atoms with van der Waals surface area (Å²) in [6, 6.07) is 14.1. The molecule has 1 aliphatic rings. The maximum absolute atomic E-state index is 12.9. The van der Waals surface area contributed by atoms with Crippen molar-refractivity contribution in [3.8, 4) is 11.5 Å². The predicted molar refractivity (Wildman–Crippen MR) is 108 cm³/mol. The van der Waals surface area contributed by atoms with Crippen LogP contribution >= 0.6 is 0 Å². The van der Waals surface area contributed by atoms with Gasteiger partial charge in [-0.1, -0.05) is 19.1 Å². The van der Waals surface area contributed by atoms with Crippen LogP contribution in [0.1, 0.15) is 30.1 Å². The Hall–Kier alpha value is -3.02. The number of anilines is 1. The Bertz CT molecular complexity index is 812. The van der Waals surface area contributed by atoms with E-state index in [1.54, 1.807) is 49.6 Å². The van der Waals surface area contributed by atoms with Gasteiger partial charge in [0.15, 0.2) is 6.61 Å². The highest BCUT2D eigenvalue weighted by molar-refractivity contribution is 6.04. The van der Waals surface area contributed by atoms with E-state index in [9.17, 15) is 9.59 Å². The smallest absolute Gasteiger partial charge is 0.262 e. The number of likely N-dealkylation sites (tertiary alicyclic amines) is 1. The first kappa shape index (κ1) is 19.7. The van der Waals surface area contributed by atoms with E-state index in [0.717, 1.165) is 31.7 Å². The highest BCUT2D eigenvalue weighted by atomic mass is 16.5. The van der Waals surface area contributed by atoms with Crippen LogP contribution in [-0.4, -0.2) is 43.5 Å². The molecule has 2 aromatic carbocycles. The van der Waals surface area contributed by atoms with E-state index >= 15 is 0 Å². The number of para-hydroxylation sites is 1. The first-order valence-electron chi connectivity index (χ1n) is 9.52. The lowest BCUT2D eigenvalue weighted by Crippen LogP contribution is -2.38. The Labute approximate surface area is 165 Å². The second kappa shape index (κ2) is 9.26. The van der Waals surface area contributed by atoms with E-state index in [1.165, 1.54) is 0 Å². The molecule has 0 radical (unpaired) electrons. The lowest BCUT2D eigenvalue weighted by molar-refractivity contribution is -0.118. The van der Waals surface area contributed by atoms with Crippen LogP contribution in [0.5, 0.6) is 11.5 Å². The zero-order valence-corrected chi connectivity index (χ0v) is 16.3. The highest BCUT2D eigenvalue weighted by Crippen LogP contribution is 2.22. The molecule has 3 rings (SSSR count). The summed E-state index contributed by atoms with van der Waals surface area (Å²) in [5.41, 5.74) is 1.02. The summed E-state index contributed by atoms with van der Waals surface area (Å²) in [7, 11) is 1.59. The van der Waals surface area contributed by atoms with E-state index in [1.807, 2.05) is 11.0 Å². The predicted octanol–water partition coefficient (Wildman–Crippen LogP) is 3.58. The molecule has 0 aliphatic carbocycles. The molecule has 0 spiro atoms. The summed E-state index contributed by atoms with van der Waals surface area (Å²) in [5.74, 6) is 1.58. The number of ether oxygens (including phenoxy) is 2. The number of hydrogen-bond donors (Lipinski definition) is 1. The number of carbonyl (C=O) groups is 2. The second-order valence-electron chi connectivity index (χ2n) is 7.03. The number of methoxy groups -OCH3 is 1. The molecule has 6 nitrogen and oxygen atoms in total. The monoisotopic (exact) mass is 382 g/mol. The van der Waals surface area contributed by atoms with Gasteiger partial charge in [-0.15, -0.1) is 0 Å². The quantitative estimate of drug-likeness (QED) is 0.829. The van der Waals surface area contributed by atoms with Crippen LogP contribution in [0.2, 0.25) is 0 Å². The van der Waals surface area contributed by atoms with Crippen LogP contribution in [0.25, 0.3) is 0 Å². The van der Waals surface area contributed by atoms with Gasteiger partial charge in [-0.2, -0.15) is 0 Å². The number of benzene rings is 2. The van der Waals surface area contributed by atoms with Gasteiger partial charge in [0.1, 0.15) is 11.5 Å². The van der Waals surface area contributed by atoms with Crippen LogP contribution < -0.4 is 14.8 Å². The molecule has 28 heavy (non-hydrogen) atoms. The van der Waals surface area contributed by atoms with Crippen molar-refractivity contribution in [3.63, 3.8) is 0 Å². The van der Waals surface area contributed by atoms with E-state index in [-0.39, 0.29) is 18.4 Å². The fourth-order valence-corrected chi connectivity index (χ4v) is 3.17. The molecule has 2 amide bonds. The Morgan fingerprint density at radius 1 is 1.04 bits per heavy atom. The number of piperidine rings is 1. The fourth-order valence-electron chi connectivity index (χ4n) is 3.17. The largest absolute Gasteiger partial charge is 0.497 e. The van der Waals surface area contributed by atoms with Crippen molar-refractivity contribution in [3.05, 3.63) is 54.1 Å². The molecule has 1 aliphatic heterocycles. The topological polar surface area (TPSA) is 67.9 Å². The normalized spacial score (nSPS) is 14.4. The highest BCUT2D eigenvalue weighted by Gasteiger charge is 2.23. The minimum Gasteiger partial charge on any atom is -0.497 e. The third kappa shape index (κ3) is 5.03. The fraction of sp³-hybridized carbons (Fsp3) is 0.364. The lowest BCUT2D eigenvalue weighted by Gasteiger charge is -2.30. The van der Waals surface area contributed by atoms with Crippen molar-refractivity contribution in [1.82, 2.24) is 4.90 Å². The van der Waals surface area contributed by atoms with Crippen molar-refractivity contribution in [2.24, 2.45) is 5.92 Å². The van der Waals surface area contributed by atoms with Gasteiger partial charge in [0.25, 0.3) is 11.8 Å². The molecule has 1 heterocycles. The minimum absolute atomic E-state index is 0.0427. The number of rotatable bonds is 6. The Morgan fingerprint density at radius 2 is 1.68 bits per heavy atom. The van der Waals surface area contributed by atoms with Crippen molar-refractivity contribution in [1.29, 1.82) is 0 Å². The Morgan fingerprint density at radius 3 is 2.36 bits per heavy atom. The molecule has 2 aromatic rings. The molecule has 0 unspecified atom stereocenters. The van der Waals surface area contributed by atoms with Gasteiger partial charge in [0.2, 0.25) is 0 Å². The molecule has 1 N–H and O–H groups in total. The Balaban J connectivity index is 1.60. The molecule has 6 heteroatoms. The summed E-state index contributed by atoms with van der Waals surface area (Å²) in [4.78, 5) is 27.1. The molecular weight excluding hydrogens is 356 g/mol. The van der Waals surface area contributed by atoms with Crippen LogP contribution in [0.15, 0.2) is 48.5 Å². The van der Waals surface area contributed by atoms with Crippen molar-refractivity contribution in [2.45, 2.75) is 19.8 Å². The molecule has 1 saturated heterocycles. The summed E-state index contributed by atoms with van der Waals surface area (Å²) in [6.45, 7) is 3.57.